The number of amides is 2. The number of carbonyl (C=O) groups is 3. The maximum absolute atomic E-state index is 12.0. The molecule has 0 unspecified atom stereocenters. The van der Waals surface area contributed by atoms with Crippen molar-refractivity contribution in [1.82, 2.24) is 0 Å². The lowest BCUT2D eigenvalue weighted by Gasteiger charge is -2.12. The number of benzene rings is 2. The molecular formula is C18H18N2O5. The van der Waals surface area contributed by atoms with Gasteiger partial charge in [-0.05, 0) is 49.4 Å². The number of anilines is 1. The number of hydrogen-bond donors (Lipinski definition) is 2. The van der Waals surface area contributed by atoms with Gasteiger partial charge in [-0.1, -0.05) is 0 Å². The summed E-state index contributed by atoms with van der Waals surface area (Å²) < 4.78 is 10.6. The van der Waals surface area contributed by atoms with Gasteiger partial charge in [0.05, 0.1) is 7.11 Å². The summed E-state index contributed by atoms with van der Waals surface area (Å²) in [6.45, 7) is 1.21. The van der Waals surface area contributed by atoms with Gasteiger partial charge in [0.1, 0.15) is 0 Å². The van der Waals surface area contributed by atoms with E-state index in [1.54, 1.807) is 30.3 Å². The van der Waals surface area contributed by atoms with Crippen LogP contribution in [0.4, 0.5) is 5.69 Å². The number of Topliss-reactive ketones (excluding diaryl/α,β-unsaturated/α-hetero) is 1. The molecule has 0 aromatic heterocycles. The Morgan fingerprint density at radius 1 is 1.00 bits per heavy atom. The minimum Gasteiger partial charge on any atom is -0.493 e. The molecular weight excluding hydrogens is 324 g/mol. The summed E-state index contributed by atoms with van der Waals surface area (Å²) >= 11 is 0. The molecule has 0 fully saturated rings. The van der Waals surface area contributed by atoms with Crippen LogP contribution in [0.15, 0.2) is 42.5 Å². The van der Waals surface area contributed by atoms with Gasteiger partial charge < -0.3 is 20.5 Å². The van der Waals surface area contributed by atoms with Crippen molar-refractivity contribution in [2.24, 2.45) is 5.73 Å². The van der Waals surface area contributed by atoms with E-state index in [1.807, 2.05) is 0 Å². The number of primary amides is 1. The first kappa shape index (κ1) is 18.0. The van der Waals surface area contributed by atoms with Gasteiger partial charge in [-0.3, -0.25) is 14.4 Å². The molecule has 0 aliphatic heterocycles. The van der Waals surface area contributed by atoms with Crippen molar-refractivity contribution < 1.29 is 23.9 Å². The molecule has 2 aromatic rings. The SMILES string of the molecule is COc1cc(C(C)=O)ccc1OCC(=O)Nc1ccc(C(N)=O)cc1. The number of ether oxygens (including phenoxy) is 2. The van der Waals surface area contributed by atoms with Crippen molar-refractivity contribution in [2.75, 3.05) is 19.0 Å². The Balaban J connectivity index is 1.97. The highest BCUT2D eigenvalue weighted by molar-refractivity contribution is 5.95. The molecule has 0 saturated carbocycles. The molecule has 3 N–H and O–H groups in total. The van der Waals surface area contributed by atoms with E-state index in [0.717, 1.165) is 0 Å². The summed E-state index contributed by atoms with van der Waals surface area (Å²) in [7, 11) is 1.45. The molecule has 2 amide bonds. The zero-order chi connectivity index (χ0) is 18.4. The van der Waals surface area contributed by atoms with Gasteiger partial charge in [0, 0.05) is 16.8 Å². The number of rotatable bonds is 7. The Bertz CT molecular complexity index is 800. The van der Waals surface area contributed by atoms with Crippen LogP contribution in [0.2, 0.25) is 0 Å². The van der Waals surface area contributed by atoms with E-state index in [0.29, 0.717) is 28.3 Å². The molecule has 7 nitrogen and oxygen atoms in total. The Labute approximate surface area is 144 Å². The van der Waals surface area contributed by atoms with Crippen molar-refractivity contribution in [2.45, 2.75) is 6.92 Å². The van der Waals surface area contributed by atoms with Crippen LogP contribution in [0, 0.1) is 0 Å². The molecule has 130 valence electrons. The molecule has 0 heterocycles. The van der Waals surface area contributed by atoms with Crippen LogP contribution >= 0.6 is 0 Å². The Hall–Kier alpha value is -3.35. The van der Waals surface area contributed by atoms with E-state index in [2.05, 4.69) is 5.32 Å². The van der Waals surface area contributed by atoms with Gasteiger partial charge in [0.2, 0.25) is 5.91 Å². The van der Waals surface area contributed by atoms with Crippen LogP contribution in [0.1, 0.15) is 27.6 Å². The first-order valence-corrected chi connectivity index (χ1v) is 7.42. The van der Waals surface area contributed by atoms with Crippen molar-refractivity contribution >= 4 is 23.3 Å². The molecule has 0 atom stereocenters. The fourth-order valence-corrected chi connectivity index (χ4v) is 2.06. The van der Waals surface area contributed by atoms with E-state index in [4.69, 9.17) is 15.2 Å². The normalized spacial score (nSPS) is 10.0. The molecule has 2 aromatic carbocycles. The minimum absolute atomic E-state index is 0.0954. The third kappa shape index (κ3) is 4.81. The van der Waals surface area contributed by atoms with Crippen LogP contribution in [0.25, 0.3) is 0 Å². The average molecular weight is 342 g/mol. The van der Waals surface area contributed by atoms with Crippen molar-refractivity contribution in [3.8, 4) is 11.5 Å². The van der Waals surface area contributed by atoms with Crippen LogP contribution in [-0.4, -0.2) is 31.3 Å². The van der Waals surface area contributed by atoms with Crippen molar-refractivity contribution in [3.05, 3.63) is 53.6 Å². The number of carbonyl (C=O) groups excluding carboxylic acids is 3. The van der Waals surface area contributed by atoms with Crippen LogP contribution < -0.4 is 20.5 Å². The van der Waals surface area contributed by atoms with Gasteiger partial charge in [-0.25, -0.2) is 0 Å². The molecule has 0 radical (unpaired) electrons. The van der Waals surface area contributed by atoms with Gasteiger partial charge in [-0.2, -0.15) is 0 Å². The second-order valence-corrected chi connectivity index (χ2v) is 5.20. The molecule has 0 aliphatic carbocycles. The average Bonchev–Trinajstić information content (AvgIpc) is 2.60. The predicted octanol–water partition coefficient (Wildman–Crippen LogP) is 2.01. The monoisotopic (exact) mass is 342 g/mol. The van der Waals surface area contributed by atoms with Crippen molar-refractivity contribution in [3.63, 3.8) is 0 Å². The summed E-state index contributed by atoms with van der Waals surface area (Å²) in [5.41, 5.74) is 6.51. The number of nitrogens with one attached hydrogen (secondary N) is 1. The number of methoxy groups -OCH3 is 1. The molecule has 0 bridgehead atoms. The van der Waals surface area contributed by atoms with E-state index >= 15 is 0 Å². The second-order valence-electron chi connectivity index (χ2n) is 5.20. The summed E-state index contributed by atoms with van der Waals surface area (Å²) in [5.74, 6) is -0.299. The van der Waals surface area contributed by atoms with Gasteiger partial charge in [-0.15, -0.1) is 0 Å². The zero-order valence-electron chi connectivity index (χ0n) is 13.9. The lowest BCUT2D eigenvalue weighted by atomic mass is 10.1. The van der Waals surface area contributed by atoms with E-state index in [-0.39, 0.29) is 18.3 Å². The van der Waals surface area contributed by atoms with Gasteiger partial charge in [0.15, 0.2) is 23.9 Å². The Morgan fingerprint density at radius 2 is 1.64 bits per heavy atom. The van der Waals surface area contributed by atoms with Crippen molar-refractivity contribution in [1.29, 1.82) is 0 Å². The highest BCUT2D eigenvalue weighted by Gasteiger charge is 2.11. The Kier molecular flexibility index (Phi) is 5.73. The zero-order valence-corrected chi connectivity index (χ0v) is 13.9. The number of nitrogens with two attached hydrogens (primary N) is 1. The predicted molar refractivity (Wildman–Crippen MR) is 92.1 cm³/mol. The summed E-state index contributed by atoms with van der Waals surface area (Å²) in [5, 5.41) is 2.63. The first-order valence-electron chi connectivity index (χ1n) is 7.42. The molecule has 0 aliphatic rings. The third-order valence-corrected chi connectivity index (χ3v) is 3.38. The van der Waals surface area contributed by atoms with E-state index in [9.17, 15) is 14.4 Å². The molecule has 2 rings (SSSR count). The fraction of sp³-hybridized carbons (Fsp3) is 0.167. The fourth-order valence-electron chi connectivity index (χ4n) is 2.06. The summed E-state index contributed by atoms with van der Waals surface area (Å²) in [6.07, 6.45) is 0. The highest BCUT2D eigenvalue weighted by atomic mass is 16.5. The van der Waals surface area contributed by atoms with Gasteiger partial charge in [0.25, 0.3) is 5.91 Å². The summed E-state index contributed by atoms with van der Waals surface area (Å²) in [6, 6.07) is 10.9. The lowest BCUT2D eigenvalue weighted by molar-refractivity contribution is -0.118. The highest BCUT2D eigenvalue weighted by Crippen LogP contribution is 2.28. The molecule has 7 heteroatoms. The standard InChI is InChI=1S/C18H18N2O5/c1-11(21)13-5-8-15(16(9-13)24-2)25-10-17(22)20-14-6-3-12(4-7-14)18(19)23/h3-9H,10H2,1-2H3,(H2,19,23)(H,20,22). The second kappa shape index (κ2) is 7.96. The number of hydrogen-bond acceptors (Lipinski definition) is 5. The maximum Gasteiger partial charge on any atom is 0.262 e. The lowest BCUT2D eigenvalue weighted by Crippen LogP contribution is -2.20. The van der Waals surface area contributed by atoms with E-state index in [1.165, 1.54) is 26.2 Å². The van der Waals surface area contributed by atoms with Crippen LogP contribution in [0.5, 0.6) is 11.5 Å². The van der Waals surface area contributed by atoms with Gasteiger partial charge >= 0.3 is 0 Å². The van der Waals surface area contributed by atoms with E-state index < -0.39 is 5.91 Å². The first-order chi connectivity index (χ1) is 11.9. The number of ketones is 1. The molecule has 25 heavy (non-hydrogen) atoms. The molecule has 0 spiro atoms. The van der Waals surface area contributed by atoms with Crippen LogP contribution in [-0.2, 0) is 4.79 Å². The Morgan fingerprint density at radius 3 is 2.20 bits per heavy atom. The maximum atomic E-state index is 12.0. The largest absolute Gasteiger partial charge is 0.493 e. The summed E-state index contributed by atoms with van der Waals surface area (Å²) in [4.78, 5) is 34.3. The smallest absolute Gasteiger partial charge is 0.262 e. The minimum atomic E-state index is -0.540. The third-order valence-electron chi connectivity index (χ3n) is 3.38. The van der Waals surface area contributed by atoms with Crippen LogP contribution in [0.3, 0.4) is 0 Å². The quantitative estimate of drug-likeness (QED) is 0.748. The molecule has 0 saturated heterocycles. The topological polar surface area (TPSA) is 108 Å².